The van der Waals surface area contributed by atoms with Gasteiger partial charge in [-0.1, -0.05) is 85.2 Å². The minimum atomic E-state index is -1.15. The molecule has 0 spiro atoms. The third-order valence-electron chi connectivity index (χ3n) is 11.4. The third-order valence-corrected chi connectivity index (χ3v) is 11.4. The van der Waals surface area contributed by atoms with E-state index in [9.17, 15) is 33.9 Å². The first-order valence-electron chi connectivity index (χ1n) is 21.0. The molecular formula is C44H73N5O10. The second-order valence-corrected chi connectivity index (χ2v) is 17.7. The van der Waals surface area contributed by atoms with Gasteiger partial charge in [0.2, 0.25) is 23.6 Å². The van der Waals surface area contributed by atoms with Crippen LogP contribution in [0.25, 0.3) is 0 Å². The molecule has 1 aliphatic rings. The molecule has 15 nitrogen and oxygen atoms in total. The van der Waals surface area contributed by atoms with Crippen molar-refractivity contribution in [1.29, 1.82) is 0 Å². The number of nitrogens with one attached hydrogen (secondary N) is 2. The molecule has 5 amide bonds. The molecule has 334 valence electrons. The summed E-state index contributed by atoms with van der Waals surface area (Å²) in [4.78, 5) is 85.7. The van der Waals surface area contributed by atoms with Crippen molar-refractivity contribution in [3.63, 3.8) is 0 Å². The number of benzene rings is 1. The van der Waals surface area contributed by atoms with Crippen LogP contribution in [-0.4, -0.2) is 138 Å². The van der Waals surface area contributed by atoms with E-state index < -0.39 is 77.8 Å². The highest BCUT2D eigenvalue weighted by Crippen LogP contribution is 2.30. The van der Waals surface area contributed by atoms with Crippen LogP contribution < -0.4 is 10.6 Å². The summed E-state index contributed by atoms with van der Waals surface area (Å²) in [6.07, 6.45) is -0.132. The normalized spacial score (nSPS) is 18.5. The smallest absolute Gasteiger partial charge is 0.410 e. The molecule has 0 aromatic heterocycles. The molecule has 59 heavy (non-hydrogen) atoms. The number of carbonyl (C=O) groups is 6. The molecular weight excluding hydrogens is 759 g/mol. The quantitative estimate of drug-likeness (QED) is 0.156. The molecule has 1 aromatic carbocycles. The summed E-state index contributed by atoms with van der Waals surface area (Å²) < 4.78 is 17.4. The van der Waals surface area contributed by atoms with Crippen molar-refractivity contribution in [1.82, 2.24) is 25.3 Å². The Hall–Kier alpha value is -4.24. The van der Waals surface area contributed by atoms with Gasteiger partial charge in [0.1, 0.15) is 23.7 Å². The SMILES string of the molecule is CC[C@H](C)[C@@H](C(CC(=O)N1CCC[C@H]1[C@H](OC)C(C)C(=O)N[C@@H](Cc1ccccc1)C(=O)O)OC)N(C)C(=O)[C@@H](NC(=O)[C@H](C(C)C)N(C)C(=O)OC(C)(C)C)C(C)C. The molecule has 9 atom stereocenters. The minimum Gasteiger partial charge on any atom is -0.480 e. The summed E-state index contributed by atoms with van der Waals surface area (Å²) in [6, 6.07) is 5.02. The van der Waals surface area contributed by atoms with Gasteiger partial charge >= 0.3 is 12.1 Å². The number of carboxylic acids is 1. The highest BCUT2D eigenvalue weighted by Gasteiger charge is 2.44. The number of carbonyl (C=O) groups excluding carboxylic acids is 5. The number of methoxy groups -OCH3 is 2. The Kier molecular flexibility index (Phi) is 19.8. The monoisotopic (exact) mass is 832 g/mol. The van der Waals surface area contributed by atoms with Crippen molar-refractivity contribution in [2.45, 2.75) is 149 Å². The molecule has 0 radical (unpaired) electrons. The molecule has 1 heterocycles. The van der Waals surface area contributed by atoms with Gasteiger partial charge in [0.25, 0.3) is 0 Å². The number of hydrogen-bond donors (Lipinski definition) is 3. The fourth-order valence-corrected chi connectivity index (χ4v) is 8.00. The van der Waals surface area contributed by atoms with E-state index in [4.69, 9.17) is 14.2 Å². The van der Waals surface area contributed by atoms with E-state index in [0.29, 0.717) is 25.8 Å². The van der Waals surface area contributed by atoms with Crippen LogP contribution in [0.2, 0.25) is 0 Å². The minimum absolute atomic E-state index is 0.0659. The fraction of sp³-hybridized carbons (Fsp3) is 0.727. The summed E-state index contributed by atoms with van der Waals surface area (Å²) in [7, 11) is 6.15. The average Bonchev–Trinajstić information content (AvgIpc) is 3.65. The molecule has 1 saturated heterocycles. The van der Waals surface area contributed by atoms with E-state index in [1.54, 1.807) is 56.7 Å². The van der Waals surface area contributed by atoms with Crippen LogP contribution in [0.15, 0.2) is 30.3 Å². The maximum Gasteiger partial charge on any atom is 0.410 e. The van der Waals surface area contributed by atoms with Crippen LogP contribution in [0.4, 0.5) is 4.79 Å². The maximum absolute atomic E-state index is 14.4. The molecule has 2 rings (SSSR count). The third kappa shape index (κ3) is 14.2. The number of amides is 5. The lowest BCUT2D eigenvalue weighted by Gasteiger charge is -2.41. The van der Waals surface area contributed by atoms with Crippen molar-refractivity contribution in [2.75, 3.05) is 34.9 Å². The molecule has 3 N–H and O–H groups in total. The number of nitrogens with zero attached hydrogens (tertiary/aromatic N) is 3. The predicted molar refractivity (Wildman–Crippen MR) is 225 cm³/mol. The van der Waals surface area contributed by atoms with Crippen LogP contribution in [0, 0.1) is 23.7 Å². The largest absolute Gasteiger partial charge is 0.480 e. The molecule has 1 aromatic rings. The van der Waals surface area contributed by atoms with Gasteiger partial charge in [0.05, 0.1) is 36.6 Å². The lowest BCUT2D eigenvalue weighted by atomic mass is 9.89. The van der Waals surface area contributed by atoms with E-state index in [0.717, 1.165) is 5.56 Å². The Balaban J connectivity index is 2.30. The zero-order chi connectivity index (χ0) is 44.9. The zero-order valence-electron chi connectivity index (χ0n) is 37.9. The van der Waals surface area contributed by atoms with Crippen molar-refractivity contribution >= 4 is 35.7 Å². The Morgan fingerprint density at radius 3 is 1.98 bits per heavy atom. The predicted octanol–water partition coefficient (Wildman–Crippen LogP) is 4.75. The van der Waals surface area contributed by atoms with Crippen molar-refractivity contribution in [2.24, 2.45) is 23.7 Å². The van der Waals surface area contributed by atoms with Crippen LogP contribution in [-0.2, 0) is 44.6 Å². The number of likely N-dealkylation sites (tertiary alicyclic amines) is 1. The van der Waals surface area contributed by atoms with Gasteiger partial charge in [-0.2, -0.15) is 0 Å². The summed E-state index contributed by atoms with van der Waals surface area (Å²) in [5, 5.41) is 15.5. The lowest BCUT2D eigenvalue weighted by Crippen LogP contribution is -2.60. The fourth-order valence-electron chi connectivity index (χ4n) is 8.00. The zero-order valence-corrected chi connectivity index (χ0v) is 37.9. The number of likely N-dealkylation sites (N-methyl/N-ethyl adjacent to an activating group) is 2. The second kappa shape index (κ2) is 22.9. The highest BCUT2D eigenvalue weighted by molar-refractivity contribution is 5.92. The number of hydrogen-bond acceptors (Lipinski definition) is 9. The average molecular weight is 832 g/mol. The topological polar surface area (TPSA) is 184 Å². The molecule has 2 unspecified atom stereocenters. The van der Waals surface area contributed by atoms with Gasteiger partial charge in [-0.15, -0.1) is 0 Å². The van der Waals surface area contributed by atoms with E-state index >= 15 is 0 Å². The highest BCUT2D eigenvalue weighted by atomic mass is 16.6. The summed E-state index contributed by atoms with van der Waals surface area (Å²) in [5.74, 6) is -4.24. The van der Waals surface area contributed by atoms with Gasteiger partial charge in [-0.05, 0) is 56.9 Å². The molecule has 0 saturated carbocycles. The van der Waals surface area contributed by atoms with E-state index in [-0.39, 0.29) is 42.4 Å². The summed E-state index contributed by atoms with van der Waals surface area (Å²) in [6.45, 7) is 18.6. The van der Waals surface area contributed by atoms with Crippen molar-refractivity contribution in [3.8, 4) is 0 Å². The second-order valence-electron chi connectivity index (χ2n) is 17.7. The lowest BCUT2D eigenvalue weighted by molar-refractivity contribution is -0.148. The van der Waals surface area contributed by atoms with E-state index in [1.807, 2.05) is 59.7 Å². The Labute approximate surface area is 352 Å². The van der Waals surface area contributed by atoms with Gasteiger partial charge in [0, 0.05) is 41.3 Å². The van der Waals surface area contributed by atoms with Crippen LogP contribution in [0.3, 0.4) is 0 Å². The van der Waals surface area contributed by atoms with Crippen LogP contribution in [0.5, 0.6) is 0 Å². The van der Waals surface area contributed by atoms with Gasteiger partial charge in [-0.25, -0.2) is 9.59 Å². The van der Waals surface area contributed by atoms with Gasteiger partial charge in [-0.3, -0.25) is 24.1 Å². The standard InChI is InChI=1S/C44H73N5O10/c1-15-28(6)37(47(11)41(53)35(26(2)3)46-40(52)36(27(4)5)48(12)43(56)59-44(8,9)10)33(57-13)25-34(50)49-23-19-22-32(49)38(58-14)29(7)39(51)45-31(42(54)55)24-30-20-17-16-18-21-30/h16-18,20-21,26-29,31-33,35-38H,15,19,22-25H2,1-14H3,(H,45,51)(H,46,52)(H,54,55)/t28-,29?,31-,32-,33?,35-,36-,37-,38+/m0/s1. The van der Waals surface area contributed by atoms with Crippen LogP contribution >= 0.6 is 0 Å². The Morgan fingerprint density at radius 1 is 0.881 bits per heavy atom. The van der Waals surface area contributed by atoms with Gasteiger partial charge in [0.15, 0.2) is 0 Å². The molecule has 1 fully saturated rings. The molecule has 0 bridgehead atoms. The van der Waals surface area contributed by atoms with E-state index in [1.165, 1.54) is 26.2 Å². The Bertz CT molecular complexity index is 1550. The van der Waals surface area contributed by atoms with Crippen LogP contribution in [0.1, 0.15) is 100 Å². The van der Waals surface area contributed by atoms with Gasteiger partial charge < -0.3 is 39.8 Å². The molecule has 15 heteroatoms. The maximum atomic E-state index is 14.4. The molecule has 0 aliphatic carbocycles. The summed E-state index contributed by atoms with van der Waals surface area (Å²) >= 11 is 0. The summed E-state index contributed by atoms with van der Waals surface area (Å²) in [5.41, 5.74) is 0.00542. The number of rotatable bonds is 21. The van der Waals surface area contributed by atoms with E-state index in [2.05, 4.69) is 10.6 Å². The first kappa shape index (κ1) is 50.9. The molecule has 1 aliphatic heterocycles. The first-order chi connectivity index (χ1) is 27.5. The Morgan fingerprint density at radius 2 is 1.49 bits per heavy atom. The number of aliphatic carboxylic acids is 1. The number of ether oxygens (including phenoxy) is 3. The van der Waals surface area contributed by atoms with Crippen molar-refractivity contribution < 1.29 is 48.1 Å². The first-order valence-corrected chi connectivity index (χ1v) is 21.0. The number of carboxylic acid groups (broad SMARTS) is 1. The van der Waals surface area contributed by atoms with Crippen molar-refractivity contribution in [3.05, 3.63) is 35.9 Å².